The van der Waals surface area contributed by atoms with Gasteiger partial charge >= 0.3 is 0 Å². The number of aliphatic hydroxyl groups excluding tert-OH is 1. The van der Waals surface area contributed by atoms with Crippen LogP contribution in [0.5, 0.6) is 0 Å². The minimum atomic E-state index is -0.960. The highest BCUT2D eigenvalue weighted by Crippen LogP contribution is 2.20. The molecule has 1 aromatic carbocycles. The standard InChI is InChI=1S/C20H30F2N2O4/c1-12(25)24-18(8-13-6-14(21)9-15(22)7-13)19(26)17-10-16(11-23-17)28-5-4-20(2,3)27/h6-7,9,16-19,23,26-27H,4-5,8,10-11H2,1-3H3,(H,24,25)/t16-,17-,18+,19+/m1/s1. The summed E-state index contributed by atoms with van der Waals surface area (Å²) < 4.78 is 32.7. The molecule has 6 nitrogen and oxygen atoms in total. The van der Waals surface area contributed by atoms with Gasteiger partial charge in [0.25, 0.3) is 0 Å². The first-order valence-corrected chi connectivity index (χ1v) is 9.51. The number of rotatable bonds is 9. The van der Waals surface area contributed by atoms with E-state index in [1.165, 1.54) is 19.1 Å². The van der Waals surface area contributed by atoms with Crippen molar-refractivity contribution in [3.8, 4) is 0 Å². The van der Waals surface area contributed by atoms with Crippen molar-refractivity contribution in [1.29, 1.82) is 0 Å². The van der Waals surface area contributed by atoms with Crippen LogP contribution >= 0.6 is 0 Å². The molecule has 0 aliphatic carbocycles. The molecule has 1 heterocycles. The van der Waals surface area contributed by atoms with Crippen LogP contribution in [-0.4, -0.2) is 59.2 Å². The Hall–Kier alpha value is -1.61. The lowest BCUT2D eigenvalue weighted by molar-refractivity contribution is -0.120. The molecule has 2 rings (SSSR count). The van der Waals surface area contributed by atoms with Crippen LogP contribution in [0.3, 0.4) is 0 Å². The van der Waals surface area contributed by atoms with Gasteiger partial charge in [-0.3, -0.25) is 4.79 Å². The predicted octanol–water partition coefficient (Wildman–Crippen LogP) is 1.28. The van der Waals surface area contributed by atoms with E-state index >= 15 is 0 Å². The van der Waals surface area contributed by atoms with Crippen LogP contribution < -0.4 is 10.6 Å². The van der Waals surface area contributed by atoms with E-state index in [1.54, 1.807) is 13.8 Å². The molecule has 1 aromatic rings. The van der Waals surface area contributed by atoms with E-state index in [1.807, 2.05) is 0 Å². The summed E-state index contributed by atoms with van der Waals surface area (Å²) in [5.74, 6) is -1.74. The number of aliphatic hydroxyl groups is 2. The monoisotopic (exact) mass is 400 g/mol. The van der Waals surface area contributed by atoms with E-state index in [0.717, 1.165) is 6.07 Å². The highest BCUT2D eigenvalue weighted by atomic mass is 19.1. The Kier molecular flexibility index (Phi) is 7.88. The van der Waals surface area contributed by atoms with Gasteiger partial charge in [0, 0.05) is 32.2 Å². The zero-order chi connectivity index (χ0) is 20.9. The van der Waals surface area contributed by atoms with E-state index in [0.29, 0.717) is 31.6 Å². The van der Waals surface area contributed by atoms with E-state index in [9.17, 15) is 23.8 Å². The van der Waals surface area contributed by atoms with Gasteiger partial charge in [-0.25, -0.2) is 8.78 Å². The van der Waals surface area contributed by atoms with Gasteiger partial charge in [-0.05, 0) is 50.8 Å². The summed E-state index contributed by atoms with van der Waals surface area (Å²) in [6, 6.07) is 2.13. The van der Waals surface area contributed by atoms with Crippen molar-refractivity contribution >= 4 is 5.91 Å². The normalized spacial score (nSPS) is 22.1. The van der Waals surface area contributed by atoms with Crippen molar-refractivity contribution in [2.24, 2.45) is 0 Å². The van der Waals surface area contributed by atoms with E-state index in [-0.39, 0.29) is 24.5 Å². The Morgan fingerprint density at radius 1 is 1.36 bits per heavy atom. The summed E-state index contributed by atoms with van der Waals surface area (Å²) >= 11 is 0. The van der Waals surface area contributed by atoms with Gasteiger partial charge in [0.2, 0.25) is 5.91 Å². The number of benzene rings is 1. The maximum absolute atomic E-state index is 13.5. The van der Waals surface area contributed by atoms with Crippen LogP contribution in [0, 0.1) is 11.6 Å². The lowest BCUT2D eigenvalue weighted by Gasteiger charge is -2.28. The van der Waals surface area contributed by atoms with E-state index < -0.39 is 29.4 Å². The van der Waals surface area contributed by atoms with Gasteiger partial charge in [0.15, 0.2) is 0 Å². The molecule has 0 aromatic heterocycles. The fourth-order valence-electron chi connectivity index (χ4n) is 3.38. The molecular weight excluding hydrogens is 370 g/mol. The number of hydrogen-bond acceptors (Lipinski definition) is 5. The maximum atomic E-state index is 13.5. The summed E-state index contributed by atoms with van der Waals surface area (Å²) in [5, 5.41) is 26.4. The zero-order valence-corrected chi connectivity index (χ0v) is 16.5. The molecule has 1 fully saturated rings. The zero-order valence-electron chi connectivity index (χ0n) is 16.5. The molecule has 0 saturated carbocycles. The fourth-order valence-corrected chi connectivity index (χ4v) is 3.38. The van der Waals surface area contributed by atoms with Crippen LogP contribution in [-0.2, 0) is 16.0 Å². The number of halogens is 2. The minimum Gasteiger partial charge on any atom is -0.390 e. The Morgan fingerprint density at radius 2 is 2.00 bits per heavy atom. The van der Waals surface area contributed by atoms with Crippen molar-refractivity contribution in [3.63, 3.8) is 0 Å². The number of carbonyl (C=O) groups excluding carboxylic acids is 1. The molecule has 0 radical (unpaired) electrons. The number of ether oxygens (including phenoxy) is 1. The molecule has 28 heavy (non-hydrogen) atoms. The molecule has 1 amide bonds. The first-order valence-electron chi connectivity index (χ1n) is 9.51. The smallest absolute Gasteiger partial charge is 0.217 e. The molecule has 1 saturated heterocycles. The summed E-state index contributed by atoms with van der Waals surface area (Å²) in [4.78, 5) is 11.6. The molecule has 1 aliphatic heterocycles. The Labute approximate surface area is 164 Å². The number of nitrogens with one attached hydrogen (secondary N) is 2. The maximum Gasteiger partial charge on any atom is 0.217 e. The van der Waals surface area contributed by atoms with Gasteiger partial charge in [-0.1, -0.05) is 0 Å². The van der Waals surface area contributed by atoms with Gasteiger partial charge < -0.3 is 25.6 Å². The Morgan fingerprint density at radius 3 is 2.57 bits per heavy atom. The van der Waals surface area contributed by atoms with Crippen LogP contribution in [0.4, 0.5) is 8.78 Å². The van der Waals surface area contributed by atoms with Crippen LogP contribution in [0.25, 0.3) is 0 Å². The SMILES string of the molecule is CC(=O)N[C@@H](Cc1cc(F)cc(F)c1)[C@@H](O)[C@H]1C[C@@H](OCCC(C)(C)O)CN1. The van der Waals surface area contributed by atoms with E-state index in [4.69, 9.17) is 4.74 Å². The van der Waals surface area contributed by atoms with Gasteiger partial charge in [0.05, 0.1) is 23.9 Å². The summed E-state index contributed by atoms with van der Waals surface area (Å²) in [6.07, 6.45) is 0.0409. The largest absolute Gasteiger partial charge is 0.390 e. The third-order valence-electron chi connectivity index (χ3n) is 4.78. The van der Waals surface area contributed by atoms with Crippen LogP contribution in [0.15, 0.2) is 18.2 Å². The third-order valence-corrected chi connectivity index (χ3v) is 4.78. The second-order valence-electron chi connectivity index (χ2n) is 8.09. The average molecular weight is 400 g/mol. The Bertz CT molecular complexity index is 646. The van der Waals surface area contributed by atoms with Crippen molar-refractivity contribution in [1.82, 2.24) is 10.6 Å². The number of carbonyl (C=O) groups is 1. The molecule has 0 bridgehead atoms. The van der Waals surface area contributed by atoms with Crippen LogP contribution in [0.2, 0.25) is 0 Å². The minimum absolute atomic E-state index is 0.0951. The van der Waals surface area contributed by atoms with Gasteiger partial charge in [0.1, 0.15) is 11.6 Å². The quantitative estimate of drug-likeness (QED) is 0.501. The molecule has 4 N–H and O–H groups in total. The molecule has 4 atom stereocenters. The second kappa shape index (κ2) is 9.73. The highest BCUT2D eigenvalue weighted by molar-refractivity contribution is 5.73. The number of hydrogen-bond donors (Lipinski definition) is 4. The van der Waals surface area contributed by atoms with Crippen molar-refractivity contribution in [2.45, 2.75) is 69.9 Å². The molecule has 0 spiro atoms. The fraction of sp³-hybridized carbons (Fsp3) is 0.650. The van der Waals surface area contributed by atoms with Crippen LogP contribution in [0.1, 0.15) is 39.2 Å². The third kappa shape index (κ3) is 7.43. The Balaban J connectivity index is 1.97. The van der Waals surface area contributed by atoms with Crippen molar-refractivity contribution < 1.29 is 28.5 Å². The molecule has 0 unspecified atom stereocenters. The molecular formula is C20H30F2N2O4. The highest BCUT2D eigenvalue weighted by Gasteiger charge is 2.35. The van der Waals surface area contributed by atoms with Crippen molar-refractivity contribution in [2.75, 3.05) is 13.2 Å². The van der Waals surface area contributed by atoms with Gasteiger partial charge in [-0.15, -0.1) is 0 Å². The predicted molar refractivity (Wildman–Crippen MR) is 101 cm³/mol. The van der Waals surface area contributed by atoms with E-state index in [2.05, 4.69) is 10.6 Å². The van der Waals surface area contributed by atoms with Gasteiger partial charge in [-0.2, -0.15) is 0 Å². The van der Waals surface area contributed by atoms with Crippen molar-refractivity contribution in [3.05, 3.63) is 35.4 Å². The molecule has 158 valence electrons. The first-order chi connectivity index (χ1) is 13.0. The first kappa shape index (κ1) is 22.7. The summed E-state index contributed by atoms with van der Waals surface area (Å²) in [6.45, 7) is 5.69. The lowest BCUT2D eigenvalue weighted by Crippen LogP contribution is -2.51. The topological polar surface area (TPSA) is 90.8 Å². The second-order valence-corrected chi connectivity index (χ2v) is 8.09. The molecule has 8 heteroatoms. The lowest BCUT2D eigenvalue weighted by atomic mass is 9.95. The number of amides is 1. The average Bonchev–Trinajstić information content (AvgIpc) is 2.99. The summed E-state index contributed by atoms with van der Waals surface area (Å²) in [5.41, 5.74) is -0.451. The molecule has 1 aliphatic rings. The summed E-state index contributed by atoms with van der Waals surface area (Å²) in [7, 11) is 0.